The maximum Gasteiger partial charge on any atom is 0.466 e. The first-order chi connectivity index (χ1) is 10.7. The average Bonchev–Trinajstić information content (AvgIpc) is 3.01. The maximum absolute atomic E-state index is 9.93. The second kappa shape index (κ2) is 6.84. The molecule has 0 unspecified atom stereocenters. The second-order valence-electron chi connectivity index (χ2n) is 4.73. The van der Waals surface area contributed by atoms with Crippen LogP contribution >= 0.6 is 7.82 Å². The van der Waals surface area contributed by atoms with Gasteiger partial charge >= 0.3 is 7.82 Å². The predicted molar refractivity (Wildman–Crippen MR) is 75.6 cm³/mol. The quantitative estimate of drug-likeness (QED) is 0.332. The summed E-state index contributed by atoms with van der Waals surface area (Å²) in [7, 11) is -4.64. The number of hydrogen-bond donors (Lipinski definition) is 6. The second-order valence-corrected chi connectivity index (χ2v) is 5.76. The van der Waals surface area contributed by atoms with Crippen molar-refractivity contribution in [2.75, 3.05) is 12.3 Å². The number of anilines is 1. The molecule has 0 radical (unpaired) electrons. The van der Waals surface area contributed by atoms with E-state index < -0.39 is 20.2 Å². The Bertz CT molecular complexity index is 710. The topological polar surface area (TPSA) is 197 Å². The number of phosphoric acid groups is 1. The minimum absolute atomic E-state index is 0.128. The van der Waals surface area contributed by atoms with Gasteiger partial charge in [-0.2, -0.15) is 0 Å². The normalized spacial score (nSPS) is 24.5. The molecule has 2 aromatic rings. The summed E-state index contributed by atoms with van der Waals surface area (Å²) in [6, 6.07) is 0. The van der Waals surface area contributed by atoms with Gasteiger partial charge in [-0.25, -0.2) is 19.5 Å². The average molecular weight is 349 g/mol. The zero-order chi connectivity index (χ0) is 17.2. The van der Waals surface area contributed by atoms with Crippen LogP contribution in [0.25, 0.3) is 11.2 Å². The van der Waals surface area contributed by atoms with Crippen molar-refractivity contribution in [3.05, 3.63) is 12.7 Å². The molecule has 12 nitrogen and oxygen atoms in total. The van der Waals surface area contributed by atoms with Gasteiger partial charge in [0.25, 0.3) is 0 Å². The number of nitrogens with two attached hydrogens (primary N) is 1. The number of rotatable bonds is 2. The molecule has 7 N–H and O–H groups in total. The Hall–Kier alpha value is -1.66. The van der Waals surface area contributed by atoms with Gasteiger partial charge in [0.05, 0.1) is 19.0 Å². The van der Waals surface area contributed by atoms with Gasteiger partial charge in [0.2, 0.25) is 0 Å². The highest BCUT2D eigenvalue weighted by molar-refractivity contribution is 7.45. The summed E-state index contributed by atoms with van der Waals surface area (Å²) in [5.74, 6) is 0.282. The summed E-state index contributed by atoms with van der Waals surface area (Å²) in [5, 5.41) is 19.0. The van der Waals surface area contributed by atoms with E-state index in [0.717, 1.165) is 0 Å². The van der Waals surface area contributed by atoms with Crippen LogP contribution in [-0.2, 0) is 9.30 Å². The van der Waals surface area contributed by atoms with Crippen molar-refractivity contribution in [2.24, 2.45) is 0 Å². The number of aliphatic hydroxyl groups excluding tert-OH is 2. The highest BCUT2D eigenvalue weighted by Gasteiger charge is 2.35. The van der Waals surface area contributed by atoms with E-state index in [1.807, 2.05) is 0 Å². The molecule has 0 aromatic carbocycles. The Labute approximate surface area is 129 Å². The highest BCUT2D eigenvalue weighted by atomic mass is 31.2. The zero-order valence-electron chi connectivity index (χ0n) is 11.7. The van der Waals surface area contributed by atoms with Crippen molar-refractivity contribution in [3.63, 3.8) is 0 Å². The Morgan fingerprint density at radius 2 is 2.00 bits per heavy atom. The number of imidazole rings is 1. The number of nitrogens with zero attached hydrogens (tertiary/aromatic N) is 4. The van der Waals surface area contributed by atoms with Crippen molar-refractivity contribution >= 4 is 24.8 Å². The van der Waals surface area contributed by atoms with Crippen LogP contribution < -0.4 is 5.73 Å². The molecule has 3 atom stereocenters. The maximum atomic E-state index is 9.93. The molecular formula is C10H16N5O7P. The van der Waals surface area contributed by atoms with E-state index >= 15 is 0 Å². The van der Waals surface area contributed by atoms with Gasteiger partial charge < -0.3 is 35.4 Å². The van der Waals surface area contributed by atoms with E-state index in [-0.39, 0.29) is 18.5 Å². The standard InChI is InChI=1S/C10H13N5O3.H3O4P/c11-8-7-9(13-3-12-8)15(4-14-7)10-6(17)1-5(2-16)18-10;1-5(2,3)4/h3-6,10,16-17H,1-2H2,(H2,11,12,13);(H3,1,2,3,4)/t5-,6+,10+;/m0./s1. The molecular weight excluding hydrogens is 333 g/mol. The fourth-order valence-corrected chi connectivity index (χ4v) is 2.15. The summed E-state index contributed by atoms with van der Waals surface area (Å²) in [6.45, 7) is -0.128. The van der Waals surface area contributed by atoms with Crippen molar-refractivity contribution in [1.82, 2.24) is 19.5 Å². The molecule has 1 aliphatic rings. The highest BCUT2D eigenvalue weighted by Crippen LogP contribution is 2.31. The van der Waals surface area contributed by atoms with Crippen LogP contribution in [-0.4, -0.2) is 63.2 Å². The fraction of sp³-hybridized carbons (Fsp3) is 0.500. The van der Waals surface area contributed by atoms with Crippen LogP contribution in [0.1, 0.15) is 12.6 Å². The minimum atomic E-state index is -4.64. The molecule has 3 rings (SSSR count). The van der Waals surface area contributed by atoms with E-state index in [0.29, 0.717) is 17.6 Å². The number of nitrogen functional groups attached to an aromatic ring is 1. The summed E-state index contributed by atoms with van der Waals surface area (Å²) >= 11 is 0. The molecule has 128 valence electrons. The molecule has 1 fully saturated rings. The number of fused-ring (bicyclic) bond motifs is 1. The van der Waals surface area contributed by atoms with Crippen LogP contribution in [0.2, 0.25) is 0 Å². The first-order valence-electron chi connectivity index (χ1n) is 6.36. The van der Waals surface area contributed by atoms with Gasteiger partial charge in [0, 0.05) is 6.42 Å². The Morgan fingerprint density at radius 3 is 2.57 bits per heavy atom. The number of aliphatic hydroxyl groups is 2. The third-order valence-electron chi connectivity index (χ3n) is 3.03. The Balaban J connectivity index is 0.000000338. The molecule has 0 spiro atoms. The third-order valence-corrected chi connectivity index (χ3v) is 3.03. The Kier molecular flexibility index (Phi) is 5.26. The molecule has 1 aliphatic heterocycles. The van der Waals surface area contributed by atoms with E-state index in [1.165, 1.54) is 12.7 Å². The van der Waals surface area contributed by atoms with Crippen molar-refractivity contribution in [2.45, 2.75) is 24.9 Å². The predicted octanol–water partition coefficient (Wildman–Crippen LogP) is -1.88. The number of aromatic nitrogens is 4. The lowest BCUT2D eigenvalue weighted by Crippen LogP contribution is -2.19. The lowest BCUT2D eigenvalue weighted by Gasteiger charge is -2.16. The molecule has 3 heterocycles. The van der Waals surface area contributed by atoms with Crippen molar-refractivity contribution < 1.29 is 34.2 Å². The molecule has 0 aliphatic carbocycles. The van der Waals surface area contributed by atoms with Crippen LogP contribution in [0.3, 0.4) is 0 Å². The summed E-state index contributed by atoms with van der Waals surface area (Å²) in [6.07, 6.45) is 1.52. The van der Waals surface area contributed by atoms with Gasteiger partial charge in [-0.1, -0.05) is 0 Å². The van der Waals surface area contributed by atoms with Crippen molar-refractivity contribution in [3.8, 4) is 0 Å². The van der Waals surface area contributed by atoms with Crippen LogP contribution in [0.5, 0.6) is 0 Å². The summed E-state index contributed by atoms with van der Waals surface area (Å²) in [4.78, 5) is 33.6. The van der Waals surface area contributed by atoms with Gasteiger partial charge in [-0.05, 0) is 0 Å². The monoisotopic (exact) mass is 349 g/mol. The molecule has 0 amide bonds. The summed E-state index contributed by atoms with van der Waals surface area (Å²) in [5.41, 5.74) is 6.66. The largest absolute Gasteiger partial charge is 0.466 e. The lowest BCUT2D eigenvalue weighted by atomic mass is 10.2. The zero-order valence-corrected chi connectivity index (χ0v) is 12.6. The first kappa shape index (κ1) is 17.7. The van der Waals surface area contributed by atoms with Crippen LogP contribution in [0.15, 0.2) is 12.7 Å². The Morgan fingerprint density at radius 1 is 1.35 bits per heavy atom. The molecule has 23 heavy (non-hydrogen) atoms. The van der Waals surface area contributed by atoms with E-state index in [4.69, 9.17) is 34.8 Å². The lowest BCUT2D eigenvalue weighted by molar-refractivity contribution is -0.0486. The van der Waals surface area contributed by atoms with Crippen molar-refractivity contribution in [1.29, 1.82) is 0 Å². The number of ether oxygens (including phenoxy) is 1. The van der Waals surface area contributed by atoms with Crippen LogP contribution in [0.4, 0.5) is 5.82 Å². The van der Waals surface area contributed by atoms with E-state index in [1.54, 1.807) is 4.57 Å². The van der Waals surface area contributed by atoms with Gasteiger partial charge in [0.1, 0.15) is 17.9 Å². The molecule has 0 saturated carbocycles. The van der Waals surface area contributed by atoms with E-state index in [9.17, 15) is 5.11 Å². The molecule has 0 bridgehead atoms. The summed E-state index contributed by atoms with van der Waals surface area (Å²) < 4.78 is 16.0. The fourth-order valence-electron chi connectivity index (χ4n) is 2.15. The van der Waals surface area contributed by atoms with E-state index in [2.05, 4.69) is 15.0 Å². The van der Waals surface area contributed by atoms with Gasteiger partial charge in [-0.15, -0.1) is 0 Å². The van der Waals surface area contributed by atoms with Gasteiger partial charge in [0.15, 0.2) is 17.7 Å². The first-order valence-corrected chi connectivity index (χ1v) is 7.93. The SMILES string of the molecule is Nc1ncnc2c1ncn2[C@@H]1O[C@H](CO)C[C@H]1O.O=P(O)(O)O. The molecule has 13 heteroatoms. The minimum Gasteiger partial charge on any atom is -0.394 e. The van der Waals surface area contributed by atoms with Crippen LogP contribution in [0, 0.1) is 0 Å². The third kappa shape index (κ3) is 4.42. The smallest absolute Gasteiger partial charge is 0.394 e. The van der Waals surface area contributed by atoms with Gasteiger partial charge in [-0.3, -0.25) is 4.57 Å². The molecule has 2 aromatic heterocycles. The number of hydrogen-bond acceptors (Lipinski definition) is 8. The molecule has 1 saturated heterocycles.